The molecule has 1 heterocycles. The van der Waals surface area contributed by atoms with E-state index in [4.69, 9.17) is 0 Å². The maximum atomic E-state index is 2.51. The molecule has 11 rings (SSSR count). The van der Waals surface area contributed by atoms with E-state index in [2.05, 4.69) is 207 Å². The van der Waals surface area contributed by atoms with E-state index in [0.717, 1.165) is 0 Å². The van der Waals surface area contributed by atoms with E-state index < -0.39 is 0 Å². The van der Waals surface area contributed by atoms with E-state index >= 15 is 0 Å². The van der Waals surface area contributed by atoms with Crippen LogP contribution in [0.25, 0.3) is 77.9 Å². The summed E-state index contributed by atoms with van der Waals surface area (Å²) in [6.45, 7) is 4.72. The van der Waals surface area contributed by atoms with Crippen molar-refractivity contribution < 1.29 is 0 Å². The summed E-state index contributed by atoms with van der Waals surface area (Å²) in [6.07, 6.45) is 4.52. The summed E-state index contributed by atoms with van der Waals surface area (Å²) >= 11 is 0. The van der Waals surface area contributed by atoms with Gasteiger partial charge in [0.2, 0.25) is 0 Å². The first kappa shape index (κ1) is 30.9. The fourth-order valence-electron chi connectivity index (χ4n) is 9.35. The Bertz CT molecular complexity index is 2980. The van der Waals surface area contributed by atoms with Crippen molar-refractivity contribution in [3.63, 3.8) is 0 Å². The summed E-state index contributed by atoms with van der Waals surface area (Å²) in [5.74, 6) is 0. The van der Waals surface area contributed by atoms with Crippen LogP contribution in [0.1, 0.15) is 36.1 Å². The Morgan fingerprint density at radius 2 is 0.963 bits per heavy atom. The van der Waals surface area contributed by atoms with Gasteiger partial charge in [0.15, 0.2) is 0 Å². The molecule has 0 saturated carbocycles. The highest BCUT2D eigenvalue weighted by molar-refractivity contribution is 6.23. The highest BCUT2D eigenvalue weighted by atomic mass is 15.2. The number of fused-ring (bicyclic) bond motifs is 8. The fourth-order valence-corrected chi connectivity index (χ4v) is 9.35. The third-order valence-corrected chi connectivity index (χ3v) is 12.0. The van der Waals surface area contributed by atoms with Crippen LogP contribution in [-0.4, -0.2) is 0 Å². The van der Waals surface area contributed by atoms with Crippen molar-refractivity contribution in [2.24, 2.45) is 0 Å². The van der Waals surface area contributed by atoms with E-state index in [1.54, 1.807) is 0 Å². The van der Waals surface area contributed by atoms with E-state index in [9.17, 15) is 0 Å². The van der Waals surface area contributed by atoms with Crippen LogP contribution in [-0.2, 0) is 5.41 Å². The van der Waals surface area contributed by atoms with Gasteiger partial charge in [0, 0.05) is 16.2 Å². The van der Waals surface area contributed by atoms with E-state index in [1.165, 1.54) is 105 Å². The van der Waals surface area contributed by atoms with Crippen LogP contribution in [0.5, 0.6) is 0 Å². The zero-order chi connectivity index (χ0) is 36.0. The number of para-hydroxylation sites is 2. The molecule has 1 nitrogen and oxygen atoms in total. The van der Waals surface area contributed by atoms with Crippen LogP contribution in [0.15, 0.2) is 176 Å². The Hall–Kier alpha value is -6.70. The molecule has 0 radical (unpaired) electrons. The number of rotatable bonds is 3. The molecule has 1 heteroatoms. The molecule has 0 fully saturated rings. The molecular weight excluding hydrogens is 651 g/mol. The standard InChI is InChI=1S/C53H37N/c1-53(2)47-20-10-9-17-41(47)45-33-40(28-30-48(45)53)51-42-18-7-8-19-43(42)52(54-49-21-11-5-14-35(49)24-25-36-15-6-12-22-50(36)54)44-29-27-39(32-46(44)51)38-26-23-34-13-3-4-16-37(34)31-38/h3-33H,1-2H3. The van der Waals surface area contributed by atoms with Gasteiger partial charge < -0.3 is 4.90 Å². The summed E-state index contributed by atoms with van der Waals surface area (Å²) in [5, 5.41) is 7.44. The molecule has 2 aliphatic rings. The molecule has 1 aliphatic heterocycles. The molecular formula is C53H37N. The molecule has 0 spiro atoms. The molecule has 0 N–H and O–H groups in total. The Balaban J connectivity index is 1.26. The summed E-state index contributed by atoms with van der Waals surface area (Å²) in [7, 11) is 0. The molecule has 0 amide bonds. The zero-order valence-electron chi connectivity index (χ0n) is 30.3. The third-order valence-electron chi connectivity index (χ3n) is 12.0. The fraction of sp³-hybridized carbons (Fsp3) is 0.0566. The second kappa shape index (κ2) is 11.7. The van der Waals surface area contributed by atoms with Gasteiger partial charge in [0.05, 0.1) is 17.1 Å². The molecule has 1 aliphatic carbocycles. The molecule has 0 unspecified atom stereocenters. The number of hydrogen-bond acceptors (Lipinski definition) is 1. The van der Waals surface area contributed by atoms with E-state index in [-0.39, 0.29) is 5.41 Å². The lowest BCUT2D eigenvalue weighted by Gasteiger charge is -2.31. The lowest BCUT2D eigenvalue weighted by Crippen LogP contribution is -2.14. The average molecular weight is 688 g/mol. The van der Waals surface area contributed by atoms with Crippen LogP contribution < -0.4 is 4.90 Å². The molecule has 0 saturated heterocycles. The molecule has 9 aromatic carbocycles. The largest absolute Gasteiger partial charge is 0.308 e. The maximum Gasteiger partial charge on any atom is 0.0619 e. The van der Waals surface area contributed by atoms with Gasteiger partial charge in [-0.2, -0.15) is 0 Å². The summed E-state index contributed by atoms with van der Waals surface area (Å²) < 4.78 is 0. The molecule has 0 bridgehead atoms. The van der Waals surface area contributed by atoms with Crippen molar-refractivity contribution in [3.05, 3.63) is 198 Å². The number of hydrogen-bond donors (Lipinski definition) is 0. The van der Waals surface area contributed by atoms with Crippen molar-refractivity contribution in [2.75, 3.05) is 4.90 Å². The van der Waals surface area contributed by atoms with Gasteiger partial charge in [-0.3, -0.25) is 0 Å². The van der Waals surface area contributed by atoms with E-state index in [1.807, 2.05) is 0 Å². The van der Waals surface area contributed by atoms with Gasteiger partial charge in [-0.25, -0.2) is 0 Å². The predicted molar refractivity (Wildman–Crippen MR) is 231 cm³/mol. The Morgan fingerprint density at radius 3 is 1.76 bits per heavy atom. The Morgan fingerprint density at radius 1 is 0.389 bits per heavy atom. The maximum absolute atomic E-state index is 2.51. The summed E-state index contributed by atoms with van der Waals surface area (Å²) in [4.78, 5) is 2.51. The van der Waals surface area contributed by atoms with Crippen molar-refractivity contribution in [2.45, 2.75) is 19.3 Å². The van der Waals surface area contributed by atoms with Crippen molar-refractivity contribution in [1.82, 2.24) is 0 Å². The second-order valence-electron chi connectivity index (χ2n) is 15.3. The quantitative estimate of drug-likeness (QED) is 0.167. The number of anilines is 3. The highest BCUT2D eigenvalue weighted by Crippen LogP contribution is 2.53. The predicted octanol–water partition coefficient (Wildman–Crippen LogP) is 14.7. The topological polar surface area (TPSA) is 3.24 Å². The Labute approximate surface area is 316 Å². The molecule has 54 heavy (non-hydrogen) atoms. The van der Waals surface area contributed by atoms with Crippen LogP contribution in [0.3, 0.4) is 0 Å². The molecule has 9 aromatic rings. The Kier molecular flexibility index (Phi) is 6.66. The zero-order valence-corrected chi connectivity index (χ0v) is 30.3. The number of nitrogens with zero attached hydrogens (tertiary/aromatic N) is 1. The van der Waals surface area contributed by atoms with Gasteiger partial charge in [0.1, 0.15) is 0 Å². The average Bonchev–Trinajstić information content (AvgIpc) is 3.33. The first-order valence-electron chi connectivity index (χ1n) is 18.9. The minimum absolute atomic E-state index is 0.0523. The van der Waals surface area contributed by atoms with Crippen LogP contribution >= 0.6 is 0 Å². The van der Waals surface area contributed by atoms with Crippen molar-refractivity contribution >= 4 is 61.5 Å². The first-order chi connectivity index (χ1) is 26.5. The molecule has 254 valence electrons. The van der Waals surface area contributed by atoms with Crippen molar-refractivity contribution in [3.8, 4) is 33.4 Å². The van der Waals surface area contributed by atoms with Crippen LogP contribution in [0.4, 0.5) is 17.1 Å². The minimum atomic E-state index is -0.0523. The van der Waals surface area contributed by atoms with Gasteiger partial charge in [-0.1, -0.05) is 172 Å². The summed E-state index contributed by atoms with van der Waals surface area (Å²) in [6, 6.07) is 65.4. The SMILES string of the molecule is CC1(C)c2ccccc2-c2cc(-c3c4ccccc4c(N4c5ccccc5C=Cc5ccccc54)c4ccc(-c5ccc6ccccc6c5)cc34)ccc21. The number of benzene rings is 9. The van der Waals surface area contributed by atoms with Gasteiger partial charge in [0.25, 0.3) is 0 Å². The van der Waals surface area contributed by atoms with Crippen LogP contribution in [0, 0.1) is 0 Å². The van der Waals surface area contributed by atoms with Gasteiger partial charge >= 0.3 is 0 Å². The minimum Gasteiger partial charge on any atom is -0.308 e. The molecule has 0 atom stereocenters. The van der Waals surface area contributed by atoms with Crippen LogP contribution in [0.2, 0.25) is 0 Å². The highest BCUT2D eigenvalue weighted by Gasteiger charge is 2.35. The normalized spacial score (nSPS) is 13.8. The van der Waals surface area contributed by atoms with Gasteiger partial charge in [-0.15, -0.1) is 0 Å². The lowest BCUT2D eigenvalue weighted by molar-refractivity contribution is 0.660. The first-order valence-corrected chi connectivity index (χ1v) is 18.9. The van der Waals surface area contributed by atoms with E-state index in [0.29, 0.717) is 0 Å². The monoisotopic (exact) mass is 687 g/mol. The van der Waals surface area contributed by atoms with Gasteiger partial charge in [-0.05, 0) is 108 Å². The van der Waals surface area contributed by atoms with Crippen molar-refractivity contribution in [1.29, 1.82) is 0 Å². The second-order valence-corrected chi connectivity index (χ2v) is 15.3. The third kappa shape index (κ3) is 4.52. The summed E-state index contributed by atoms with van der Waals surface area (Å²) in [5.41, 5.74) is 16.3. The smallest absolute Gasteiger partial charge is 0.0619 e. The lowest BCUT2D eigenvalue weighted by atomic mass is 9.81. The molecule has 0 aromatic heterocycles.